The van der Waals surface area contributed by atoms with Gasteiger partial charge in [0, 0.05) is 30.4 Å². The zero-order valence-electron chi connectivity index (χ0n) is 11.4. The first-order valence-corrected chi connectivity index (χ1v) is 8.77. The molecule has 1 heterocycles. The van der Waals surface area contributed by atoms with Crippen molar-refractivity contribution in [2.45, 2.75) is 30.3 Å². The van der Waals surface area contributed by atoms with Gasteiger partial charge in [-0.2, -0.15) is 4.31 Å². The molecule has 7 heteroatoms. The number of likely N-dealkylation sites (N-methyl/N-ethyl adjacent to an activating group) is 1. The monoisotopic (exact) mass is 362 g/mol. The van der Waals surface area contributed by atoms with E-state index in [0.29, 0.717) is 23.3 Å². The van der Waals surface area contributed by atoms with Gasteiger partial charge in [0.1, 0.15) is 0 Å². The van der Waals surface area contributed by atoms with Crippen LogP contribution in [-0.4, -0.2) is 39.0 Å². The molecule has 112 valence electrons. The van der Waals surface area contributed by atoms with E-state index < -0.39 is 10.0 Å². The van der Waals surface area contributed by atoms with E-state index in [1.54, 1.807) is 19.2 Å². The highest BCUT2D eigenvalue weighted by atomic mass is 79.9. The Kier molecular flexibility index (Phi) is 5.06. The second-order valence-corrected chi connectivity index (χ2v) is 7.86. The van der Waals surface area contributed by atoms with Crippen LogP contribution < -0.4 is 5.73 Å². The topological polar surface area (TPSA) is 72.6 Å². The molecule has 2 rings (SSSR count). The molecule has 0 bridgehead atoms. The highest BCUT2D eigenvalue weighted by Gasteiger charge is 2.25. The van der Waals surface area contributed by atoms with Gasteiger partial charge < -0.3 is 10.5 Å². The molecule has 1 aromatic rings. The number of ether oxygens (including phenoxy) is 1. The molecular formula is C13H19BrN2O3S. The van der Waals surface area contributed by atoms with Crippen molar-refractivity contribution in [2.75, 3.05) is 25.9 Å². The van der Waals surface area contributed by atoms with Gasteiger partial charge in [-0.3, -0.25) is 0 Å². The number of nitrogen functional groups attached to an aromatic ring is 1. The number of nitrogens with zero attached hydrogens (tertiary/aromatic N) is 1. The minimum absolute atomic E-state index is 0.0173. The number of hydrogen-bond acceptors (Lipinski definition) is 4. The Morgan fingerprint density at radius 2 is 2.20 bits per heavy atom. The van der Waals surface area contributed by atoms with Crippen molar-refractivity contribution in [3.05, 3.63) is 22.7 Å². The van der Waals surface area contributed by atoms with Gasteiger partial charge in [-0.05, 0) is 53.4 Å². The molecule has 1 saturated heterocycles. The Morgan fingerprint density at radius 1 is 1.45 bits per heavy atom. The molecular weight excluding hydrogens is 344 g/mol. The highest BCUT2D eigenvalue weighted by molar-refractivity contribution is 9.10. The molecule has 1 aliphatic rings. The van der Waals surface area contributed by atoms with Crippen molar-refractivity contribution in [1.82, 2.24) is 4.31 Å². The maximum absolute atomic E-state index is 12.5. The smallest absolute Gasteiger partial charge is 0.242 e. The highest BCUT2D eigenvalue weighted by Crippen LogP contribution is 2.25. The van der Waals surface area contributed by atoms with Crippen LogP contribution >= 0.6 is 15.9 Å². The molecule has 0 aromatic heterocycles. The van der Waals surface area contributed by atoms with E-state index in [0.717, 1.165) is 19.3 Å². The number of benzene rings is 1. The molecule has 0 saturated carbocycles. The van der Waals surface area contributed by atoms with Crippen molar-refractivity contribution in [3.8, 4) is 0 Å². The summed E-state index contributed by atoms with van der Waals surface area (Å²) in [6, 6.07) is 4.67. The minimum atomic E-state index is -3.53. The van der Waals surface area contributed by atoms with Gasteiger partial charge in [0.2, 0.25) is 10.0 Å². The first-order chi connectivity index (χ1) is 9.41. The van der Waals surface area contributed by atoms with Crippen LogP contribution in [0.15, 0.2) is 27.6 Å². The van der Waals surface area contributed by atoms with Crippen LogP contribution in [0, 0.1) is 0 Å². The van der Waals surface area contributed by atoms with Crippen molar-refractivity contribution >= 4 is 31.6 Å². The van der Waals surface area contributed by atoms with E-state index >= 15 is 0 Å². The summed E-state index contributed by atoms with van der Waals surface area (Å²) >= 11 is 3.26. The molecule has 1 unspecified atom stereocenters. The lowest BCUT2D eigenvalue weighted by Gasteiger charge is -2.27. The summed E-state index contributed by atoms with van der Waals surface area (Å²) in [6.45, 7) is 1.09. The summed E-state index contributed by atoms with van der Waals surface area (Å²) in [7, 11) is -1.95. The Morgan fingerprint density at radius 3 is 2.80 bits per heavy atom. The average Bonchev–Trinajstić information content (AvgIpc) is 2.42. The van der Waals surface area contributed by atoms with Crippen LogP contribution in [0.1, 0.15) is 19.3 Å². The largest absolute Gasteiger partial charge is 0.398 e. The third-order valence-corrected chi connectivity index (χ3v) is 5.95. The van der Waals surface area contributed by atoms with Gasteiger partial charge in [-0.15, -0.1) is 0 Å². The zero-order chi connectivity index (χ0) is 14.8. The summed E-state index contributed by atoms with van der Waals surface area (Å²) in [5, 5.41) is 0. The van der Waals surface area contributed by atoms with Crippen molar-refractivity contribution < 1.29 is 13.2 Å². The van der Waals surface area contributed by atoms with Gasteiger partial charge in [-0.1, -0.05) is 0 Å². The second-order valence-electron chi connectivity index (χ2n) is 4.96. The van der Waals surface area contributed by atoms with Crippen LogP contribution in [0.25, 0.3) is 0 Å². The lowest BCUT2D eigenvalue weighted by molar-refractivity contribution is 0.00859. The number of halogens is 1. The molecule has 0 spiro atoms. The standard InChI is InChI=1S/C13H19BrN2O3S/c1-16(9-10-4-2-3-7-19-10)20(17,18)11-5-6-12(14)13(15)8-11/h5-6,8,10H,2-4,7,9,15H2,1H3. The minimum Gasteiger partial charge on any atom is -0.398 e. The fraction of sp³-hybridized carbons (Fsp3) is 0.538. The van der Waals surface area contributed by atoms with Crippen LogP contribution in [0.4, 0.5) is 5.69 Å². The normalized spacial score (nSPS) is 20.2. The number of sulfonamides is 1. The third kappa shape index (κ3) is 3.52. The van der Waals surface area contributed by atoms with Crippen molar-refractivity contribution in [2.24, 2.45) is 0 Å². The molecule has 1 atom stereocenters. The van der Waals surface area contributed by atoms with E-state index in [4.69, 9.17) is 10.5 Å². The van der Waals surface area contributed by atoms with Crippen molar-refractivity contribution in [1.29, 1.82) is 0 Å². The van der Waals surface area contributed by atoms with Gasteiger partial charge in [0.05, 0.1) is 11.0 Å². The Labute approximate surface area is 128 Å². The molecule has 0 aliphatic carbocycles. The molecule has 1 aliphatic heterocycles. The number of hydrogen-bond donors (Lipinski definition) is 1. The summed E-state index contributed by atoms with van der Waals surface area (Å²) in [4.78, 5) is 0.205. The van der Waals surface area contributed by atoms with Gasteiger partial charge in [0.15, 0.2) is 0 Å². The van der Waals surface area contributed by atoms with Gasteiger partial charge in [0.25, 0.3) is 0 Å². The molecule has 5 nitrogen and oxygen atoms in total. The van der Waals surface area contributed by atoms with Crippen molar-refractivity contribution in [3.63, 3.8) is 0 Å². The molecule has 1 aromatic carbocycles. The summed E-state index contributed by atoms with van der Waals surface area (Å²) in [6.07, 6.45) is 3.03. The number of anilines is 1. The summed E-state index contributed by atoms with van der Waals surface area (Å²) in [5.74, 6) is 0. The Bertz CT molecular complexity index is 571. The number of nitrogens with two attached hydrogens (primary N) is 1. The fourth-order valence-electron chi connectivity index (χ4n) is 2.20. The second kappa shape index (κ2) is 6.43. The van der Waals surface area contributed by atoms with Gasteiger partial charge >= 0.3 is 0 Å². The predicted molar refractivity (Wildman–Crippen MR) is 82.0 cm³/mol. The van der Waals surface area contributed by atoms with Crippen LogP contribution in [0.5, 0.6) is 0 Å². The van der Waals surface area contributed by atoms with Crippen LogP contribution in [0.2, 0.25) is 0 Å². The average molecular weight is 363 g/mol. The lowest BCUT2D eigenvalue weighted by atomic mass is 10.1. The maximum atomic E-state index is 12.5. The first kappa shape index (κ1) is 15.8. The zero-order valence-corrected chi connectivity index (χ0v) is 13.8. The SMILES string of the molecule is CN(CC1CCCCO1)S(=O)(=O)c1ccc(Br)c(N)c1. The van der Waals surface area contributed by atoms with Crippen LogP contribution in [-0.2, 0) is 14.8 Å². The fourth-order valence-corrected chi connectivity index (χ4v) is 3.68. The number of rotatable bonds is 4. The molecule has 2 N–H and O–H groups in total. The molecule has 0 radical (unpaired) electrons. The summed E-state index contributed by atoms with van der Waals surface area (Å²) < 4.78 is 32.6. The third-order valence-electron chi connectivity index (χ3n) is 3.41. The van der Waals surface area contributed by atoms with Gasteiger partial charge in [-0.25, -0.2) is 8.42 Å². The summed E-state index contributed by atoms with van der Waals surface area (Å²) in [5.41, 5.74) is 6.16. The molecule has 0 amide bonds. The van der Waals surface area contributed by atoms with E-state index in [1.807, 2.05) is 0 Å². The lowest BCUT2D eigenvalue weighted by Crippen LogP contribution is -2.37. The Balaban J connectivity index is 2.13. The Hall–Kier alpha value is -0.630. The molecule has 1 fully saturated rings. The predicted octanol–water partition coefficient (Wildman–Crippen LogP) is 2.22. The van der Waals surface area contributed by atoms with E-state index in [2.05, 4.69) is 15.9 Å². The van der Waals surface area contributed by atoms with E-state index in [9.17, 15) is 8.42 Å². The van der Waals surface area contributed by atoms with E-state index in [1.165, 1.54) is 10.4 Å². The van der Waals surface area contributed by atoms with Crippen LogP contribution in [0.3, 0.4) is 0 Å². The maximum Gasteiger partial charge on any atom is 0.242 e. The molecule has 20 heavy (non-hydrogen) atoms. The quantitative estimate of drug-likeness (QED) is 0.833. The van der Waals surface area contributed by atoms with E-state index in [-0.39, 0.29) is 11.0 Å². The first-order valence-electron chi connectivity index (χ1n) is 6.54.